The quantitative estimate of drug-likeness (QED) is 0.863. The van der Waals surface area contributed by atoms with Gasteiger partial charge in [-0.25, -0.2) is 0 Å². The number of nitrogens with zero attached hydrogens (tertiary/aromatic N) is 3. The third-order valence-corrected chi connectivity index (χ3v) is 5.09. The maximum atomic E-state index is 10.3. The van der Waals surface area contributed by atoms with Crippen molar-refractivity contribution in [2.75, 3.05) is 52.4 Å². The molecule has 0 aromatic heterocycles. The second kappa shape index (κ2) is 8.25. The fraction of sp³-hybridized carbons (Fsp3) is 0.684. The molecule has 23 heavy (non-hydrogen) atoms. The predicted molar refractivity (Wildman–Crippen MR) is 94.6 cm³/mol. The monoisotopic (exact) mass is 317 g/mol. The van der Waals surface area contributed by atoms with Gasteiger partial charge < -0.3 is 10.0 Å². The summed E-state index contributed by atoms with van der Waals surface area (Å²) in [6.45, 7) is 11.6. The van der Waals surface area contributed by atoms with Gasteiger partial charge in [0.2, 0.25) is 0 Å². The maximum absolute atomic E-state index is 10.3. The fourth-order valence-electron chi connectivity index (χ4n) is 3.82. The van der Waals surface area contributed by atoms with Gasteiger partial charge in [-0.2, -0.15) is 0 Å². The Hall–Kier alpha value is -0.940. The molecule has 2 aliphatic heterocycles. The first-order valence-corrected chi connectivity index (χ1v) is 9.10. The number of β-amino-alcohol motifs (C(OH)–C–C–N with tert-alkyl or cyclic N) is 1. The van der Waals surface area contributed by atoms with E-state index in [1.165, 1.54) is 37.1 Å². The Morgan fingerprint density at radius 1 is 0.913 bits per heavy atom. The molecule has 0 bridgehead atoms. The second-order valence-corrected chi connectivity index (χ2v) is 7.23. The predicted octanol–water partition coefficient (Wildman–Crippen LogP) is 1.57. The van der Waals surface area contributed by atoms with Crippen LogP contribution in [0.1, 0.15) is 24.0 Å². The van der Waals surface area contributed by atoms with E-state index in [0.717, 1.165) is 45.8 Å². The van der Waals surface area contributed by atoms with E-state index in [4.69, 9.17) is 0 Å². The Balaban J connectivity index is 1.38. The summed E-state index contributed by atoms with van der Waals surface area (Å²) in [5, 5.41) is 10.3. The number of rotatable bonds is 6. The lowest BCUT2D eigenvalue weighted by atomic mass is 10.1. The Bertz CT molecular complexity index is 479. The van der Waals surface area contributed by atoms with E-state index in [9.17, 15) is 5.11 Å². The molecule has 4 nitrogen and oxygen atoms in total. The molecule has 0 radical (unpaired) electrons. The number of hydrogen-bond donors (Lipinski definition) is 1. The summed E-state index contributed by atoms with van der Waals surface area (Å²) in [7, 11) is 0. The van der Waals surface area contributed by atoms with Crippen LogP contribution in [-0.2, 0) is 6.54 Å². The summed E-state index contributed by atoms with van der Waals surface area (Å²) in [6, 6.07) is 8.81. The lowest BCUT2D eigenvalue weighted by Gasteiger charge is -2.36. The van der Waals surface area contributed by atoms with Crippen molar-refractivity contribution in [1.29, 1.82) is 0 Å². The van der Waals surface area contributed by atoms with E-state index >= 15 is 0 Å². The summed E-state index contributed by atoms with van der Waals surface area (Å²) in [4.78, 5) is 7.35. The minimum Gasteiger partial charge on any atom is -0.390 e. The summed E-state index contributed by atoms with van der Waals surface area (Å²) < 4.78 is 0. The summed E-state index contributed by atoms with van der Waals surface area (Å²) in [5.74, 6) is 0. The van der Waals surface area contributed by atoms with Crippen LogP contribution in [0, 0.1) is 6.92 Å². The molecule has 0 spiro atoms. The molecular weight excluding hydrogens is 286 g/mol. The van der Waals surface area contributed by atoms with Crippen molar-refractivity contribution in [3.8, 4) is 0 Å². The van der Waals surface area contributed by atoms with Crippen molar-refractivity contribution in [1.82, 2.24) is 14.7 Å². The average Bonchev–Trinajstić information content (AvgIpc) is 3.02. The highest BCUT2D eigenvalue weighted by Crippen LogP contribution is 2.12. The van der Waals surface area contributed by atoms with Crippen LogP contribution in [0.5, 0.6) is 0 Å². The highest BCUT2D eigenvalue weighted by atomic mass is 16.3. The van der Waals surface area contributed by atoms with Gasteiger partial charge in [-0.1, -0.05) is 29.8 Å². The molecule has 2 fully saturated rings. The van der Waals surface area contributed by atoms with Crippen molar-refractivity contribution in [3.05, 3.63) is 35.4 Å². The van der Waals surface area contributed by atoms with Gasteiger partial charge in [0.05, 0.1) is 6.10 Å². The number of piperazine rings is 1. The van der Waals surface area contributed by atoms with Crippen LogP contribution in [0.2, 0.25) is 0 Å². The molecule has 2 saturated heterocycles. The smallest absolute Gasteiger partial charge is 0.0793 e. The van der Waals surface area contributed by atoms with Crippen LogP contribution in [0.3, 0.4) is 0 Å². The van der Waals surface area contributed by atoms with Crippen LogP contribution in [0.4, 0.5) is 0 Å². The van der Waals surface area contributed by atoms with Crippen molar-refractivity contribution in [2.45, 2.75) is 32.4 Å². The molecule has 2 aliphatic rings. The van der Waals surface area contributed by atoms with E-state index in [0.29, 0.717) is 0 Å². The van der Waals surface area contributed by atoms with Gasteiger partial charge in [0, 0.05) is 45.8 Å². The van der Waals surface area contributed by atoms with E-state index in [-0.39, 0.29) is 6.10 Å². The molecular formula is C19H31N3O. The summed E-state index contributed by atoms with van der Waals surface area (Å²) >= 11 is 0. The Morgan fingerprint density at radius 3 is 2.17 bits per heavy atom. The largest absolute Gasteiger partial charge is 0.390 e. The van der Waals surface area contributed by atoms with E-state index in [1.54, 1.807) is 0 Å². The van der Waals surface area contributed by atoms with Crippen molar-refractivity contribution >= 4 is 0 Å². The normalized spacial score (nSPS) is 22.5. The minimum atomic E-state index is -0.198. The van der Waals surface area contributed by atoms with Gasteiger partial charge in [-0.3, -0.25) is 9.80 Å². The van der Waals surface area contributed by atoms with E-state index in [1.807, 2.05) is 0 Å². The molecule has 1 N–H and O–H groups in total. The second-order valence-electron chi connectivity index (χ2n) is 7.23. The molecule has 1 atom stereocenters. The van der Waals surface area contributed by atoms with Crippen molar-refractivity contribution in [2.24, 2.45) is 0 Å². The Labute approximate surface area is 140 Å². The van der Waals surface area contributed by atoms with Crippen molar-refractivity contribution in [3.63, 3.8) is 0 Å². The number of likely N-dealkylation sites (tertiary alicyclic amines) is 1. The molecule has 1 aromatic rings. The van der Waals surface area contributed by atoms with Gasteiger partial charge in [-0.05, 0) is 38.4 Å². The lowest BCUT2D eigenvalue weighted by molar-refractivity contribution is 0.0534. The van der Waals surface area contributed by atoms with Crippen LogP contribution in [0.25, 0.3) is 0 Å². The molecule has 0 saturated carbocycles. The van der Waals surface area contributed by atoms with Gasteiger partial charge >= 0.3 is 0 Å². The first kappa shape index (κ1) is 16.9. The number of benzene rings is 1. The zero-order chi connectivity index (χ0) is 16.1. The standard InChI is InChI=1S/C19H31N3O/c1-17-5-4-6-18(13-17)14-21-9-11-22(12-10-21)16-19(23)15-20-7-2-3-8-20/h4-6,13,19,23H,2-3,7-12,14-16H2,1H3/t19-/m1/s1. The molecule has 0 amide bonds. The summed E-state index contributed by atoms with van der Waals surface area (Å²) in [5.41, 5.74) is 2.75. The lowest BCUT2D eigenvalue weighted by Crippen LogP contribution is -2.49. The Kier molecular flexibility index (Phi) is 6.06. The first-order chi connectivity index (χ1) is 11.2. The molecule has 0 aliphatic carbocycles. The summed E-state index contributed by atoms with van der Waals surface area (Å²) in [6.07, 6.45) is 2.39. The average molecular weight is 317 g/mol. The molecule has 3 rings (SSSR count). The molecule has 4 heteroatoms. The van der Waals surface area contributed by atoms with E-state index < -0.39 is 0 Å². The maximum Gasteiger partial charge on any atom is 0.0793 e. The molecule has 128 valence electrons. The highest BCUT2D eigenvalue weighted by Gasteiger charge is 2.21. The van der Waals surface area contributed by atoms with Crippen LogP contribution < -0.4 is 0 Å². The van der Waals surface area contributed by atoms with Crippen LogP contribution in [-0.4, -0.2) is 78.3 Å². The van der Waals surface area contributed by atoms with Crippen molar-refractivity contribution < 1.29 is 5.11 Å². The zero-order valence-electron chi connectivity index (χ0n) is 14.5. The van der Waals surface area contributed by atoms with Gasteiger partial charge in [0.1, 0.15) is 0 Å². The molecule has 2 heterocycles. The van der Waals surface area contributed by atoms with Gasteiger partial charge in [0.25, 0.3) is 0 Å². The van der Waals surface area contributed by atoms with Crippen LogP contribution >= 0.6 is 0 Å². The Morgan fingerprint density at radius 2 is 1.52 bits per heavy atom. The number of aryl methyl sites for hydroxylation is 1. The first-order valence-electron chi connectivity index (χ1n) is 9.10. The topological polar surface area (TPSA) is 30.0 Å². The van der Waals surface area contributed by atoms with E-state index in [2.05, 4.69) is 45.9 Å². The number of aliphatic hydroxyl groups is 1. The number of aliphatic hydroxyl groups excluding tert-OH is 1. The minimum absolute atomic E-state index is 0.198. The molecule has 1 aromatic carbocycles. The van der Waals surface area contributed by atoms with Gasteiger partial charge in [0.15, 0.2) is 0 Å². The SMILES string of the molecule is Cc1cccc(CN2CCN(C[C@H](O)CN3CCCC3)CC2)c1. The van der Waals surface area contributed by atoms with Crippen LogP contribution in [0.15, 0.2) is 24.3 Å². The number of hydrogen-bond acceptors (Lipinski definition) is 4. The third kappa shape index (κ3) is 5.28. The molecule has 0 unspecified atom stereocenters. The van der Waals surface area contributed by atoms with Gasteiger partial charge in [-0.15, -0.1) is 0 Å². The highest BCUT2D eigenvalue weighted by molar-refractivity contribution is 5.22. The third-order valence-electron chi connectivity index (χ3n) is 5.09. The fourth-order valence-corrected chi connectivity index (χ4v) is 3.82. The zero-order valence-corrected chi connectivity index (χ0v) is 14.5.